The molecule has 0 fully saturated rings. The van der Waals surface area contributed by atoms with Crippen LogP contribution in [-0.4, -0.2) is 15.8 Å². The highest BCUT2D eigenvalue weighted by molar-refractivity contribution is 5.98. The lowest BCUT2D eigenvalue weighted by Gasteiger charge is -2.23. The van der Waals surface area contributed by atoms with E-state index in [1.165, 1.54) is 11.1 Å². The molecule has 0 aliphatic heterocycles. The lowest BCUT2D eigenvalue weighted by molar-refractivity contribution is 0.0962. The highest BCUT2D eigenvalue weighted by Crippen LogP contribution is 2.32. The van der Waals surface area contributed by atoms with E-state index in [0.717, 1.165) is 17.8 Å². The van der Waals surface area contributed by atoms with E-state index in [4.69, 9.17) is 0 Å². The predicted molar refractivity (Wildman–Crippen MR) is 98.3 cm³/mol. The van der Waals surface area contributed by atoms with Crippen molar-refractivity contribution in [2.24, 2.45) is 0 Å². The lowest BCUT2D eigenvalue weighted by Crippen LogP contribution is -2.21. The van der Waals surface area contributed by atoms with Gasteiger partial charge in [0.1, 0.15) is 0 Å². The second-order valence-corrected chi connectivity index (χ2v) is 6.49. The van der Waals surface area contributed by atoms with Gasteiger partial charge in [0, 0.05) is 18.3 Å². The average molecular weight is 329 g/mol. The predicted octanol–water partition coefficient (Wildman–Crippen LogP) is 4.44. The molecule has 1 aliphatic carbocycles. The zero-order valence-electron chi connectivity index (χ0n) is 14.1. The van der Waals surface area contributed by atoms with Crippen molar-refractivity contribution in [3.63, 3.8) is 0 Å². The zero-order chi connectivity index (χ0) is 17.2. The topological polar surface area (TPSA) is 54.9 Å². The van der Waals surface area contributed by atoms with Crippen LogP contribution in [0, 0.1) is 6.92 Å². The molecule has 124 valence electrons. The van der Waals surface area contributed by atoms with Gasteiger partial charge in [-0.05, 0) is 42.5 Å². The maximum Gasteiger partial charge on any atom is 0.227 e. The largest absolute Gasteiger partial charge is 0.324 e. The molecule has 3 aromatic rings. The molecule has 1 atom stereocenters. The first-order valence-corrected chi connectivity index (χ1v) is 8.47. The Bertz CT molecular complexity index is 921. The third kappa shape index (κ3) is 3.29. The minimum absolute atomic E-state index is 0.122. The van der Waals surface area contributed by atoms with Gasteiger partial charge in [0.05, 0.1) is 11.3 Å². The van der Waals surface area contributed by atoms with Gasteiger partial charge in [0.15, 0.2) is 5.78 Å². The van der Waals surface area contributed by atoms with E-state index in [2.05, 4.69) is 27.4 Å². The molecule has 2 aromatic carbocycles. The molecule has 1 heterocycles. The number of carbonyl (C=O) groups excluding carboxylic acids is 1. The molecule has 4 rings (SSSR count). The number of hydrogen-bond acceptors (Lipinski definition) is 4. The summed E-state index contributed by atoms with van der Waals surface area (Å²) in [5.74, 6) is 0.839. The van der Waals surface area contributed by atoms with Gasteiger partial charge in [-0.25, -0.2) is 9.97 Å². The van der Waals surface area contributed by atoms with Crippen LogP contribution in [0.3, 0.4) is 0 Å². The summed E-state index contributed by atoms with van der Waals surface area (Å²) in [6, 6.07) is 18.2. The van der Waals surface area contributed by atoms with Crippen LogP contribution >= 0.6 is 0 Å². The number of aromatic nitrogens is 2. The van der Waals surface area contributed by atoms with Crippen molar-refractivity contribution >= 4 is 17.4 Å². The van der Waals surface area contributed by atoms with Gasteiger partial charge in [-0.1, -0.05) is 42.5 Å². The van der Waals surface area contributed by atoms with Gasteiger partial charge < -0.3 is 5.32 Å². The van der Waals surface area contributed by atoms with Gasteiger partial charge in [-0.3, -0.25) is 4.79 Å². The Hall–Kier alpha value is -3.01. The maximum atomic E-state index is 12.5. The Labute approximate surface area is 147 Å². The van der Waals surface area contributed by atoms with E-state index >= 15 is 0 Å². The number of aryl methyl sites for hydroxylation is 1. The molecule has 1 aliphatic rings. The number of hydrogen-bond donors (Lipinski definition) is 1. The number of ketones is 1. The van der Waals surface area contributed by atoms with Crippen LogP contribution in [0.25, 0.3) is 0 Å². The summed E-state index contributed by atoms with van der Waals surface area (Å²) in [5.41, 5.74) is 4.79. The first-order chi connectivity index (χ1) is 12.2. The van der Waals surface area contributed by atoms with Crippen LogP contribution in [-0.2, 0) is 6.42 Å². The molecule has 1 aromatic heterocycles. The van der Waals surface area contributed by atoms with Gasteiger partial charge in [-0.15, -0.1) is 0 Å². The fraction of sp³-hybridized carbons (Fsp3) is 0.190. The van der Waals surface area contributed by atoms with E-state index in [-0.39, 0.29) is 11.7 Å². The van der Waals surface area contributed by atoms with Crippen molar-refractivity contribution in [1.29, 1.82) is 0 Å². The average Bonchev–Trinajstić information content (AvgIpc) is 2.62. The minimum atomic E-state index is 0.122. The monoisotopic (exact) mass is 329 g/mol. The number of nitrogens with one attached hydrogen (secondary N) is 1. The minimum Gasteiger partial charge on any atom is -0.324 e. The van der Waals surface area contributed by atoms with Crippen molar-refractivity contribution < 1.29 is 4.79 Å². The SMILES string of the molecule is Cc1cccc(Nc2ncc3c(n2)CC(c2ccccc2)CC3=O)c1. The fourth-order valence-corrected chi connectivity index (χ4v) is 3.32. The van der Waals surface area contributed by atoms with Crippen molar-refractivity contribution in [3.05, 3.63) is 83.2 Å². The molecule has 0 saturated carbocycles. The maximum absolute atomic E-state index is 12.5. The Kier molecular flexibility index (Phi) is 4.02. The quantitative estimate of drug-likeness (QED) is 0.772. The van der Waals surface area contributed by atoms with Crippen LogP contribution in [0.2, 0.25) is 0 Å². The normalized spacial score (nSPS) is 16.4. The number of benzene rings is 2. The first-order valence-electron chi connectivity index (χ1n) is 8.47. The van der Waals surface area contributed by atoms with Gasteiger partial charge in [0.2, 0.25) is 5.95 Å². The van der Waals surface area contributed by atoms with Crippen LogP contribution in [0.5, 0.6) is 0 Å². The summed E-state index contributed by atoms with van der Waals surface area (Å²) in [4.78, 5) is 21.4. The second-order valence-electron chi connectivity index (χ2n) is 6.49. The third-order valence-corrected chi connectivity index (χ3v) is 4.58. The summed E-state index contributed by atoms with van der Waals surface area (Å²) < 4.78 is 0. The highest BCUT2D eigenvalue weighted by atomic mass is 16.1. The van der Waals surface area contributed by atoms with E-state index < -0.39 is 0 Å². The molecule has 4 nitrogen and oxygen atoms in total. The molecule has 0 spiro atoms. The van der Waals surface area contributed by atoms with Crippen molar-refractivity contribution in [2.45, 2.75) is 25.7 Å². The smallest absolute Gasteiger partial charge is 0.227 e. The molecule has 1 N–H and O–H groups in total. The zero-order valence-corrected chi connectivity index (χ0v) is 14.1. The molecule has 0 radical (unpaired) electrons. The van der Waals surface area contributed by atoms with Crippen molar-refractivity contribution in [2.75, 3.05) is 5.32 Å². The van der Waals surface area contributed by atoms with E-state index in [1.807, 2.05) is 49.4 Å². The van der Waals surface area contributed by atoms with Crippen LogP contribution in [0.1, 0.15) is 39.5 Å². The van der Waals surface area contributed by atoms with Gasteiger partial charge >= 0.3 is 0 Å². The fourth-order valence-electron chi connectivity index (χ4n) is 3.32. The Morgan fingerprint density at radius 3 is 2.68 bits per heavy atom. The van der Waals surface area contributed by atoms with Crippen LogP contribution in [0.15, 0.2) is 60.8 Å². The molecule has 0 bridgehead atoms. The molecule has 1 unspecified atom stereocenters. The summed E-state index contributed by atoms with van der Waals surface area (Å²) in [5, 5.41) is 3.23. The van der Waals surface area contributed by atoms with Gasteiger partial charge in [0.25, 0.3) is 0 Å². The first kappa shape index (κ1) is 15.5. The number of Topliss-reactive ketones (excluding diaryl/α,β-unsaturated/α-hetero) is 1. The van der Waals surface area contributed by atoms with Gasteiger partial charge in [-0.2, -0.15) is 0 Å². The lowest BCUT2D eigenvalue weighted by atomic mass is 9.82. The number of anilines is 2. The summed E-state index contributed by atoms with van der Waals surface area (Å²) in [7, 11) is 0. The second kappa shape index (κ2) is 6.48. The molecular formula is C21H19N3O. The Balaban J connectivity index is 1.62. The number of fused-ring (bicyclic) bond motifs is 1. The van der Waals surface area contributed by atoms with Crippen molar-refractivity contribution in [3.8, 4) is 0 Å². The Morgan fingerprint density at radius 2 is 1.88 bits per heavy atom. The summed E-state index contributed by atoms with van der Waals surface area (Å²) in [6.45, 7) is 2.04. The molecule has 0 saturated heterocycles. The molecule has 0 amide bonds. The number of carbonyl (C=O) groups is 1. The Morgan fingerprint density at radius 1 is 1.04 bits per heavy atom. The summed E-state index contributed by atoms with van der Waals surface area (Å²) >= 11 is 0. The number of nitrogens with zero attached hydrogens (tertiary/aromatic N) is 2. The van der Waals surface area contributed by atoms with Crippen molar-refractivity contribution in [1.82, 2.24) is 9.97 Å². The van der Waals surface area contributed by atoms with Crippen LogP contribution < -0.4 is 5.32 Å². The molecule has 4 heteroatoms. The van der Waals surface area contributed by atoms with E-state index in [0.29, 0.717) is 17.9 Å². The standard InChI is InChI=1S/C21H19N3O/c1-14-6-5-9-17(10-14)23-21-22-13-18-19(24-21)11-16(12-20(18)25)15-7-3-2-4-8-15/h2-10,13,16H,11-12H2,1H3,(H,22,23,24). The van der Waals surface area contributed by atoms with E-state index in [1.54, 1.807) is 6.20 Å². The van der Waals surface area contributed by atoms with E-state index in [9.17, 15) is 4.79 Å². The summed E-state index contributed by atoms with van der Waals surface area (Å²) in [6.07, 6.45) is 2.94. The molecule has 25 heavy (non-hydrogen) atoms. The third-order valence-electron chi connectivity index (χ3n) is 4.58. The highest BCUT2D eigenvalue weighted by Gasteiger charge is 2.27. The van der Waals surface area contributed by atoms with Crippen LogP contribution in [0.4, 0.5) is 11.6 Å². The molecular weight excluding hydrogens is 310 g/mol. The number of rotatable bonds is 3.